The molecule has 1 spiro atoms. The molecule has 4 atom stereocenters. The van der Waals surface area contributed by atoms with E-state index in [1.54, 1.807) is 60.5 Å². The summed E-state index contributed by atoms with van der Waals surface area (Å²) in [6, 6.07) is 20.3. The smallest absolute Gasteiger partial charge is 0.269 e. The Morgan fingerprint density at radius 1 is 1.12 bits per heavy atom. The minimum Gasteiger partial charge on any atom is -0.432 e. The molecule has 0 unspecified atom stereocenters. The van der Waals surface area contributed by atoms with E-state index in [1.807, 2.05) is 25.1 Å². The van der Waals surface area contributed by atoms with Gasteiger partial charge in [0.25, 0.3) is 17.5 Å². The molecule has 2 aliphatic rings. The normalized spacial score (nSPS) is 23.6. The van der Waals surface area contributed by atoms with Crippen LogP contribution in [-0.2, 0) is 21.7 Å². The highest BCUT2D eigenvalue weighted by atomic mass is 28.4. The van der Waals surface area contributed by atoms with E-state index in [0.29, 0.717) is 22.5 Å². The van der Waals surface area contributed by atoms with Crippen molar-refractivity contribution in [2.75, 3.05) is 16.8 Å². The van der Waals surface area contributed by atoms with Crippen LogP contribution in [0.25, 0.3) is 0 Å². The van der Waals surface area contributed by atoms with Crippen molar-refractivity contribution in [1.82, 2.24) is 0 Å². The Kier molecular flexibility index (Phi) is 7.55. The van der Waals surface area contributed by atoms with Crippen LogP contribution in [0.3, 0.4) is 0 Å². The molecule has 2 amide bonds. The summed E-state index contributed by atoms with van der Waals surface area (Å²) in [6.45, 7) is 5.40. The number of non-ortho nitro benzene ring substituents is 1. The van der Waals surface area contributed by atoms with Crippen LogP contribution in [-0.4, -0.2) is 47.7 Å². The average Bonchev–Trinajstić information content (AvgIpc) is 3.36. The van der Waals surface area contributed by atoms with Gasteiger partial charge in [-0.2, -0.15) is 0 Å². The number of nitrogens with one attached hydrogen (secondary N) is 1. The second-order valence-corrected chi connectivity index (χ2v) is 15.2. The van der Waals surface area contributed by atoms with E-state index < -0.39 is 30.9 Å². The second-order valence-electron chi connectivity index (χ2n) is 11.2. The number of benzene rings is 3. The van der Waals surface area contributed by atoms with E-state index in [-0.39, 0.29) is 42.6 Å². The Morgan fingerprint density at radius 2 is 1.80 bits per heavy atom. The fourth-order valence-corrected chi connectivity index (χ4v) is 9.00. The number of rotatable bonds is 8. The van der Waals surface area contributed by atoms with Crippen LogP contribution in [0.15, 0.2) is 72.8 Å². The van der Waals surface area contributed by atoms with Gasteiger partial charge in [-0.15, -0.1) is 0 Å². The van der Waals surface area contributed by atoms with Crippen molar-refractivity contribution in [3.8, 4) is 0 Å². The molecule has 5 rings (SSSR count). The first-order chi connectivity index (χ1) is 19.5. The van der Waals surface area contributed by atoms with Crippen molar-refractivity contribution in [3.05, 3.63) is 99.6 Å². The van der Waals surface area contributed by atoms with Crippen molar-refractivity contribution >= 4 is 37.2 Å². The minimum atomic E-state index is -2.88. The van der Waals surface area contributed by atoms with Crippen LogP contribution in [0, 0.1) is 16.0 Å². The predicted molar refractivity (Wildman–Crippen MR) is 156 cm³/mol. The van der Waals surface area contributed by atoms with Gasteiger partial charge in [0.2, 0.25) is 0 Å². The Labute approximate surface area is 238 Å². The maximum Gasteiger partial charge on any atom is 0.269 e. The molecule has 0 bridgehead atoms. The van der Waals surface area contributed by atoms with E-state index in [4.69, 9.17) is 4.74 Å². The summed E-state index contributed by atoms with van der Waals surface area (Å²) in [5, 5.41) is 24.3. The summed E-state index contributed by atoms with van der Waals surface area (Å²) in [5.74, 6) is -1.08. The number of nitro benzene ring substituents is 1. The number of nitro groups is 1. The Balaban J connectivity index is 1.47. The Morgan fingerprint density at radius 3 is 2.41 bits per heavy atom. The number of anilines is 2. The van der Waals surface area contributed by atoms with Crippen molar-refractivity contribution in [1.29, 1.82) is 0 Å². The maximum atomic E-state index is 14.3. The summed E-state index contributed by atoms with van der Waals surface area (Å²) in [6.07, 6.45) is -0.341. The summed E-state index contributed by atoms with van der Waals surface area (Å²) in [5.41, 5.74) is 0.765. The molecule has 10 nitrogen and oxygen atoms in total. The van der Waals surface area contributed by atoms with Crippen LogP contribution in [0.2, 0.25) is 18.6 Å². The third-order valence-electron chi connectivity index (χ3n) is 8.18. The molecule has 2 heterocycles. The highest BCUT2D eigenvalue weighted by Crippen LogP contribution is 2.60. The van der Waals surface area contributed by atoms with Crippen LogP contribution in [0.1, 0.15) is 34.8 Å². The number of hydrogen-bond donors (Lipinski definition) is 3. The number of ether oxygens (including phenoxy) is 1. The van der Waals surface area contributed by atoms with Crippen molar-refractivity contribution in [3.63, 3.8) is 0 Å². The lowest BCUT2D eigenvalue weighted by atomic mass is 9.82. The standard InChI is InChI=1S/C30H33N3O7Si/c1-19-27(41(2,3)39)26(15-16-34)40-30(19)24-17-23(33(37)38)13-14-25(24)32(29(30)36)18-20-9-11-22(12-10-20)31-28(35)21-7-5-4-6-8-21/h4-14,17,19,26-27,34,39H,15-16,18H2,1-3H3,(H,31,35)/t19-,26+,27-,30+/m0/s1. The summed E-state index contributed by atoms with van der Waals surface area (Å²) in [4.78, 5) is 50.8. The molecule has 0 aromatic heterocycles. The van der Waals surface area contributed by atoms with E-state index in [9.17, 15) is 29.6 Å². The summed E-state index contributed by atoms with van der Waals surface area (Å²) >= 11 is 0. The fourth-order valence-electron chi connectivity index (χ4n) is 6.40. The van der Waals surface area contributed by atoms with Crippen LogP contribution in [0.5, 0.6) is 0 Å². The SMILES string of the molecule is C[C@H]1[C@H]([Si](C)(C)O)[C@@H](CCO)O[C@]12C(=O)N(Cc1ccc(NC(=O)c3ccccc3)cc1)c1ccc([N+](=O)[O-])cc12. The number of amides is 2. The monoisotopic (exact) mass is 575 g/mol. The first-order valence-electron chi connectivity index (χ1n) is 13.5. The Hall–Kier alpha value is -3.90. The van der Waals surface area contributed by atoms with Crippen molar-refractivity contribution in [2.45, 2.75) is 50.2 Å². The zero-order chi connectivity index (χ0) is 29.5. The zero-order valence-corrected chi connectivity index (χ0v) is 24.1. The van der Waals surface area contributed by atoms with Gasteiger partial charge in [-0.1, -0.05) is 37.3 Å². The van der Waals surface area contributed by atoms with Gasteiger partial charge in [-0.25, -0.2) is 0 Å². The molecule has 2 aliphatic heterocycles. The number of nitrogens with zero attached hydrogens (tertiary/aromatic N) is 2. The lowest BCUT2D eigenvalue weighted by Crippen LogP contribution is -2.46. The second kappa shape index (κ2) is 10.8. The van der Waals surface area contributed by atoms with E-state index >= 15 is 0 Å². The molecule has 41 heavy (non-hydrogen) atoms. The molecule has 3 N–H and O–H groups in total. The van der Waals surface area contributed by atoms with E-state index in [1.165, 1.54) is 12.1 Å². The molecule has 3 aromatic carbocycles. The van der Waals surface area contributed by atoms with Gasteiger partial charge < -0.3 is 24.9 Å². The first kappa shape index (κ1) is 28.6. The molecular formula is C30H33N3O7Si. The lowest BCUT2D eigenvalue weighted by molar-refractivity contribution is -0.385. The largest absolute Gasteiger partial charge is 0.432 e. The third-order valence-corrected chi connectivity index (χ3v) is 10.7. The lowest BCUT2D eigenvalue weighted by Gasteiger charge is -2.32. The number of carbonyl (C=O) groups is 2. The van der Waals surface area contributed by atoms with Crippen molar-refractivity contribution in [2.24, 2.45) is 5.92 Å². The maximum absolute atomic E-state index is 14.3. The van der Waals surface area contributed by atoms with Gasteiger partial charge in [0, 0.05) is 47.0 Å². The number of aliphatic hydroxyl groups is 1. The number of fused-ring (bicyclic) bond motifs is 2. The fraction of sp³-hybridized carbons (Fsp3) is 0.333. The number of carbonyl (C=O) groups excluding carboxylic acids is 2. The van der Waals surface area contributed by atoms with Gasteiger partial charge in [-0.05, 0) is 55.4 Å². The van der Waals surface area contributed by atoms with Crippen LogP contribution in [0.4, 0.5) is 17.1 Å². The zero-order valence-electron chi connectivity index (χ0n) is 23.1. The molecule has 3 aromatic rings. The number of hydrogen-bond acceptors (Lipinski definition) is 7. The molecule has 0 radical (unpaired) electrons. The molecule has 0 saturated carbocycles. The predicted octanol–water partition coefficient (Wildman–Crippen LogP) is 4.57. The highest BCUT2D eigenvalue weighted by Gasteiger charge is 2.66. The topological polar surface area (TPSA) is 142 Å². The summed E-state index contributed by atoms with van der Waals surface area (Å²) in [7, 11) is -2.88. The van der Waals surface area contributed by atoms with Gasteiger partial charge in [0.05, 0.1) is 23.3 Å². The number of aliphatic hydroxyl groups excluding tert-OH is 1. The molecule has 214 valence electrons. The van der Waals surface area contributed by atoms with Crippen LogP contribution < -0.4 is 10.2 Å². The van der Waals surface area contributed by atoms with Crippen LogP contribution >= 0.6 is 0 Å². The van der Waals surface area contributed by atoms with Gasteiger partial charge in [0.1, 0.15) is 0 Å². The minimum absolute atomic E-state index is 0.158. The average molecular weight is 576 g/mol. The highest BCUT2D eigenvalue weighted by molar-refractivity contribution is 6.71. The molecule has 1 fully saturated rings. The quantitative estimate of drug-likeness (QED) is 0.203. The first-order valence-corrected chi connectivity index (χ1v) is 16.6. The van der Waals surface area contributed by atoms with E-state index in [2.05, 4.69) is 5.32 Å². The van der Waals surface area contributed by atoms with Gasteiger partial charge in [0.15, 0.2) is 13.9 Å². The third kappa shape index (κ3) is 5.06. The molecule has 1 saturated heterocycles. The van der Waals surface area contributed by atoms with E-state index in [0.717, 1.165) is 5.56 Å². The molecule has 11 heteroatoms. The molecule has 0 aliphatic carbocycles. The van der Waals surface area contributed by atoms with Crippen molar-refractivity contribution < 1.29 is 29.2 Å². The van der Waals surface area contributed by atoms with Gasteiger partial charge in [-0.3, -0.25) is 19.7 Å². The van der Waals surface area contributed by atoms with Gasteiger partial charge >= 0.3 is 0 Å². The molecular weight excluding hydrogens is 542 g/mol. The Bertz CT molecular complexity index is 1480. The summed E-state index contributed by atoms with van der Waals surface area (Å²) < 4.78 is 6.50.